The fourth-order valence-corrected chi connectivity index (χ4v) is 1.99. The van der Waals surface area contributed by atoms with E-state index in [0.29, 0.717) is 23.3 Å². The van der Waals surface area contributed by atoms with E-state index in [2.05, 4.69) is 10.1 Å². The quantitative estimate of drug-likeness (QED) is 0.735. The molecule has 4 nitrogen and oxygen atoms in total. The summed E-state index contributed by atoms with van der Waals surface area (Å²) in [5, 5.41) is 3.64. The molecule has 2 heterocycles. The second-order valence-electron chi connectivity index (χ2n) is 4.25. The van der Waals surface area contributed by atoms with E-state index in [1.807, 2.05) is 0 Å². The van der Waals surface area contributed by atoms with Gasteiger partial charge in [0.2, 0.25) is 5.88 Å². The Balaban J connectivity index is 2.24. The number of rotatable bonds is 2. The summed E-state index contributed by atoms with van der Waals surface area (Å²) < 4.78 is 45.1. The molecule has 106 valence electrons. The second-order valence-corrected chi connectivity index (χ2v) is 4.25. The van der Waals surface area contributed by atoms with Gasteiger partial charge < -0.3 is 10.3 Å². The van der Waals surface area contributed by atoms with Crippen LogP contribution in [-0.4, -0.2) is 10.1 Å². The summed E-state index contributed by atoms with van der Waals surface area (Å²) in [7, 11) is 0. The van der Waals surface area contributed by atoms with Gasteiger partial charge in [-0.15, -0.1) is 0 Å². The number of hydrogen-bond acceptors (Lipinski definition) is 4. The molecule has 0 radical (unpaired) electrons. The first-order chi connectivity index (χ1) is 10.1. The van der Waals surface area contributed by atoms with Gasteiger partial charge in [0.15, 0.2) is 11.6 Å². The van der Waals surface area contributed by atoms with Gasteiger partial charge in [0, 0.05) is 24.0 Å². The highest BCUT2D eigenvalue weighted by Gasteiger charge is 2.21. The van der Waals surface area contributed by atoms with Crippen LogP contribution in [0.1, 0.15) is 0 Å². The van der Waals surface area contributed by atoms with E-state index in [0.717, 1.165) is 0 Å². The Hall–Kier alpha value is -2.83. The number of nitrogen functional groups attached to an aromatic ring is 1. The zero-order chi connectivity index (χ0) is 15.0. The van der Waals surface area contributed by atoms with Crippen molar-refractivity contribution < 1.29 is 17.7 Å². The molecule has 0 aliphatic carbocycles. The van der Waals surface area contributed by atoms with Crippen LogP contribution in [-0.2, 0) is 0 Å². The number of nitrogens with two attached hydrogens (primary N) is 1. The molecule has 0 atom stereocenters. The molecule has 7 heteroatoms. The summed E-state index contributed by atoms with van der Waals surface area (Å²) in [5.74, 6) is -3.48. The first-order valence-corrected chi connectivity index (χ1v) is 5.88. The Bertz CT molecular complexity index is 803. The second kappa shape index (κ2) is 4.93. The predicted molar refractivity (Wildman–Crippen MR) is 69.5 cm³/mol. The number of anilines is 1. The Morgan fingerprint density at radius 2 is 1.62 bits per heavy atom. The van der Waals surface area contributed by atoms with Crippen molar-refractivity contribution in [3.05, 3.63) is 54.1 Å². The van der Waals surface area contributed by atoms with Gasteiger partial charge >= 0.3 is 0 Å². The third kappa shape index (κ3) is 2.22. The van der Waals surface area contributed by atoms with Crippen molar-refractivity contribution in [1.29, 1.82) is 0 Å². The van der Waals surface area contributed by atoms with Crippen LogP contribution in [0, 0.1) is 17.5 Å². The molecule has 1 aromatic carbocycles. The molecular weight excluding hydrogens is 283 g/mol. The lowest BCUT2D eigenvalue weighted by atomic mass is 10.0. The van der Waals surface area contributed by atoms with Crippen molar-refractivity contribution in [2.24, 2.45) is 0 Å². The predicted octanol–water partition coefficient (Wildman–Crippen LogP) is 3.40. The average molecular weight is 291 g/mol. The van der Waals surface area contributed by atoms with Gasteiger partial charge in [-0.2, -0.15) is 0 Å². The highest BCUT2D eigenvalue weighted by atomic mass is 19.2. The lowest BCUT2D eigenvalue weighted by molar-refractivity contribution is 0.438. The topological polar surface area (TPSA) is 64.9 Å². The molecule has 21 heavy (non-hydrogen) atoms. The van der Waals surface area contributed by atoms with Crippen molar-refractivity contribution in [3.8, 4) is 22.4 Å². The molecule has 2 aromatic heterocycles. The third-order valence-corrected chi connectivity index (χ3v) is 2.95. The summed E-state index contributed by atoms with van der Waals surface area (Å²) in [4.78, 5) is 3.86. The molecule has 2 N–H and O–H groups in total. The van der Waals surface area contributed by atoms with Gasteiger partial charge in [-0.1, -0.05) is 5.16 Å². The van der Waals surface area contributed by atoms with Crippen LogP contribution >= 0.6 is 0 Å². The highest BCUT2D eigenvalue weighted by Crippen LogP contribution is 2.37. The molecule has 0 bridgehead atoms. The maximum absolute atomic E-state index is 13.9. The van der Waals surface area contributed by atoms with Gasteiger partial charge in [-0.25, -0.2) is 13.2 Å². The summed E-state index contributed by atoms with van der Waals surface area (Å²) >= 11 is 0. The van der Waals surface area contributed by atoms with Crippen LogP contribution in [0.25, 0.3) is 22.4 Å². The van der Waals surface area contributed by atoms with Crippen molar-refractivity contribution in [2.45, 2.75) is 0 Å². The van der Waals surface area contributed by atoms with Crippen LogP contribution in [0.4, 0.5) is 19.1 Å². The van der Waals surface area contributed by atoms with E-state index in [4.69, 9.17) is 10.3 Å². The van der Waals surface area contributed by atoms with Crippen LogP contribution < -0.4 is 5.73 Å². The zero-order valence-corrected chi connectivity index (χ0v) is 10.5. The van der Waals surface area contributed by atoms with Crippen molar-refractivity contribution >= 4 is 5.88 Å². The first kappa shape index (κ1) is 13.2. The first-order valence-electron chi connectivity index (χ1n) is 5.88. The fourth-order valence-electron chi connectivity index (χ4n) is 1.99. The molecule has 0 unspecified atom stereocenters. The third-order valence-electron chi connectivity index (χ3n) is 2.95. The maximum atomic E-state index is 13.9. The minimum Gasteiger partial charge on any atom is -0.367 e. The summed E-state index contributed by atoms with van der Waals surface area (Å²) in [6.45, 7) is 0. The molecule has 0 saturated heterocycles. The molecule has 3 aromatic rings. The normalized spacial score (nSPS) is 10.8. The molecule has 0 aliphatic heterocycles. The van der Waals surface area contributed by atoms with Crippen LogP contribution in [0.3, 0.4) is 0 Å². The van der Waals surface area contributed by atoms with Crippen molar-refractivity contribution in [1.82, 2.24) is 10.1 Å². The van der Waals surface area contributed by atoms with Crippen molar-refractivity contribution in [2.75, 3.05) is 5.73 Å². The minimum absolute atomic E-state index is 0.00454. The van der Waals surface area contributed by atoms with Gasteiger partial charge in [0.05, 0.1) is 5.56 Å². The van der Waals surface area contributed by atoms with Crippen LogP contribution in [0.15, 0.2) is 41.2 Å². The number of benzene rings is 1. The fraction of sp³-hybridized carbons (Fsp3) is 0. The monoisotopic (exact) mass is 291 g/mol. The SMILES string of the molecule is Nc1onc(-c2cc(F)c(F)cc2F)c1-c1ccncc1. The summed E-state index contributed by atoms with van der Waals surface area (Å²) in [6, 6.07) is 4.40. The standard InChI is InChI=1S/C14H8F3N3O/c15-9-6-11(17)10(16)5-8(9)13-12(14(18)21-20-13)7-1-3-19-4-2-7/h1-6H,18H2. The van der Waals surface area contributed by atoms with Crippen LogP contribution in [0.5, 0.6) is 0 Å². The molecule has 0 aliphatic rings. The van der Waals surface area contributed by atoms with E-state index >= 15 is 0 Å². The summed E-state index contributed by atoms with van der Waals surface area (Å²) in [5.41, 5.74) is 6.32. The number of halogens is 3. The largest absolute Gasteiger partial charge is 0.367 e. The zero-order valence-electron chi connectivity index (χ0n) is 10.5. The number of aromatic nitrogens is 2. The molecule has 0 amide bonds. The highest BCUT2D eigenvalue weighted by molar-refractivity contribution is 5.86. The molecule has 0 fully saturated rings. The van der Waals surface area contributed by atoms with Crippen LogP contribution in [0.2, 0.25) is 0 Å². The molecule has 0 spiro atoms. The Kier molecular flexibility index (Phi) is 3.09. The lowest BCUT2D eigenvalue weighted by Gasteiger charge is -2.04. The molecule has 0 saturated carbocycles. The van der Waals surface area contributed by atoms with Crippen molar-refractivity contribution in [3.63, 3.8) is 0 Å². The van der Waals surface area contributed by atoms with E-state index in [-0.39, 0.29) is 17.1 Å². The molecule has 3 rings (SSSR count). The number of pyridine rings is 1. The minimum atomic E-state index is -1.28. The Labute approximate surface area is 117 Å². The lowest BCUT2D eigenvalue weighted by Crippen LogP contribution is -1.94. The number of hydrogen-bond donors (Lipinski definition) is 1. The Morgan fingerprint density at radius 1 is 0.952 bits per heavy atom. The molecular formula is C14H8F3N3O. The van der Waals surface area contributed by atoms with E-state index in [9.17, 15) is 13.2 Å². The van der Waals surface area contributed by atoms with Gasteiger partial charge in [0.25, 0.3) is 0 Å². The smallest absolute Gasteiger partial charge is 0.230 e. The van der Waals surface area contributed by atoms with E-state index in [1.165, 1.54) is 12.4 Å². The summed E-state index contributed by atoms with van der Waals surface area (Å²) in [6.07, 6.45) is 3.01. The van der Waals surface area contributed by atoms with Gasteiger partial charge in [-0.3, -0.25) is 4.98 Å². The number of nitrogens with zero attached hydrogens (tertiary/aromatic N) is 2. The van der Waals surface area contributed by atoms with E-state index in [1.54, 1.807) is 12.1 Å². The van der Waals surface area contributed by atoms with Gasteiger partial charge in [-0.05, 0) is 23.8 Å². The Morgan fingerprint density at radius 3 is 2.33 bits per heavy atom. The maximum Gasteiger partial charge on any atom is 0.230 e. The van der Waals surface area contributed by atoms with Gasteiger partial charge in [0.1, 0.15) is 11.5 Å². The average Bonchev–Trinajstić information content (AvgIpc) is 2.85. The van der Waals surface area contributed by atoms with E-state index < -0.39 is 17.5 Å².